The summed E-state index contributed by atoms with van der Waals surface area (Å²) in [6.07, 6.45) is 5.38. The van der Waals surface area contributed by atoms with Gasteiger partial charge in [-0.2, -0.15) is 5.10 Å². The lowest BCUT2D eigenvalue weighted by atomic mass is 10.1. The van der Waals surface area contributed by atoms with E-state index in [0.29, 0.717) is 12.0 Å². The van der Waals surface area contributed by atoms with Crippen LogP contribution in [-0.4, -0.2) is 27.3 Å². The number of pyridine rings is 1. The van der Waals surface area contributed by atoms with E-state index in [1.807, 2.05) is 6.07 Å². The lowest BCUT2D eigenvalue weighted by molar-refractivity contribution is -0.121. The minimum absolute atomic E-state index is 0.186. The second-order valence-electron chi connectivity index (χ2n) is 4.26. The Morgan fingerprint density at radius 2 is 2.35 bits per heavy atom. The van der Waals surface area contributed by atoms with E-state index in [0.717, 1.165) is 11.3 Å². The van der Waals surface area contributed by atoms with Crippen LogP contribution in [0.4, 0.5) is 0 Å². The van der Waals surface area contributed by atoms with Gasteiger partial charge >= 0.3 is 0 Å². The Kier molecular flexibility index (Phi) is 4.43. The highest BCUT2D eigenvalue weighted by Gasteiger charge is 2.08. The van der Waals surface area contributed by atoms with E-state index in [1.54, 1.807) is 25.4 Å². The van der Waals surface area contributed by atoms with Crippen molar-refractivity contribution in [2.45, 2.75) is 19.8 Å². The lowest BCUT2D eigenvalue weighted by Crippen LogP contribution is -2.19. The van der Waals surface area contributed by atoms with E-state index in [-0.39, 0.29) is 17.9 Å². The maximum Gasteiger partial charge on any atom is 0.267 e. The predicted octanol–water partition coefficient (Wildman–Crippen LogP) is 0.489. The summed E-state index contributed by atoms with van der Waals surface area (Å²) >= 11 is 0. The zero-order valence-corrected chi connectivity index (χ0v) is 11.0. The number of amides is 1. The molecule has 0 bridgehead atoms. The van der Waals surface area contributed by atoms with E-state index >= 15 is 0 Å². The van der Waals surface area contributed by atoms with Crippen LogP contribution in [0, 0.1) is 6.92 Å². The number of rotatable bonds is 5. The summed E-state index contributed by atoms with van der Waals surface area (Å²) in [6.45, 7) is 1.78. The number of H-pyrrole nitrogens is 2. The van der Waals surface area contributed by atoms with Gasteiger partial charge < -0.3 is 5.10 Å². The second-order valence-corrected chi connectivity index (χ2v) is 4.26. The van der Waals surface area contributed by atoms with Gasteiger partial charge in [0.15, 0.2) is 0 Å². The summed E-state index contributed by atoms with van der Waals surface area (Å²) in [7, 11) is 0. The van der Waals surface area contributed by atoms with Crippen molar-refractivity contribution in [3.05, 3.63) is 51.7 Å². The maximum absolute atomic E-state index is 11.6. The summed E-state index contributed by atoms with van der Waals surface area (Å²) in [6, 6.07) is 3.61. The van der Waals surface area contributed by atoms with Crippen LogP contribution in [0.3, 0.4) is 0 Å². The Morgan fingerprint density at radius 3 is 3.00 bits per heavy atom. The normalized spacial score (nSPS) is 10.8. The predicted molar refractivity (Wildman–Crippen MR) is 74.4 cm³/mol. The fraction of sp³-hybridized carbons (Fsp3) is 0.231. The molecule has 104 valence electrons. The van der Waals surface area contributed by atoms with Gasteiger partial charge in [-0.1, -0.05) is 6.07 Å². The zero-order chi connectivity index (χ0) is 14.4. The number of aryl methyl sites for hydroxylation is 1. The van der Waals surface area contributed by atoms with Gasteiger partial charge in [-0.15, -0.1) is 0 Å². The molecule has 2 aromatic rings. The fourth-order valence-corrected chi connectivity index (χ4v) is 1.70. The quantitative estimate of drug-likeness (QED) is 0.545. The van der Waals surface area contributed by atoms with Crippen LogP contribution in [0.15, 0.2) is 34.4 Å². The van der Waals surface area contributed by atoms with E-state index < -0.39 is 0 Å². The van der Waals surface area contributed by atoms with E-state index in [9.17, 15) is 9.59 Å². The maximum atomic E-state index is 11.6. The molecular formula is C13H15N5O2. The molecule has 7 heteroatoms. The van der Waals surface area contributed by atoms with Crippen molar-refractivity contribution in [3.8, 4) is 0 Å². The van der Waals surface area contributed by atoms with Crippen molar-refractivity contribution in [1.82, 2.24) is 20.6 Å². The Bertz CT molecular complexity index is 657. The van der Waals surface area contributed by atoms with Crippen molar-refractivity contribution < 1.29 is 4.79 Å². The topological polar surface area (TPSA) is 103 Å². The second kappa shape index (κ2) is 6.46. The molecule has 0 spiro atoms. The number of aromatic amines is 2. The van der Waals surface area contributed by atoms with Crippen LogP contribution < -0.4 is 11.0 Å². The van der Waals surface area contributed by atoms with Crippen molar-refractivity contribution >= 4 is 12.1 Å². The Balaban J connectivity index is 1.82. The standard InChI is InChI=1S/C13H15N5O2/c1-9-11(13(20)18-16-9)4-5-12(19)17-15-8-10-3-2-6-14-7-10/h2-3,6-8H,4-5H2,1H3,(H,17,19)(H2,16,18,20)/b15-8-. The molecule has 2 rings (SSSR count). The highest BCUT2D eigenvalue weighted by atomic mass is 16.2. The van der Waals surface area contributed by atoms with Crippen LogP contribution >= 0.6 is 0 Å². The average molecular weight is 273 g/mol. The smallest absolute Gasteiger partial charge is 0.267 e. The molecule has 7 nitrogen and oxygen atoms in total. The molecule has 0 aliphatic heterocycles. The summed E-state index contributed by atoms with van der Waals surface area (Å²) in [5.74, 6) is -0.245. The largest absolute Gasteiger partial charge is 0.302 e. The molecule has 0 radical (unpaired) electrons. The zero-order valence-electron chi connectivity index (χ0n) is 11.0. The molecular weight excluding hydrogens is 258 g/mol. The first-order valence-corrected chi connectivity index (χ1v) is 6.15. The molecule has 0 fully saturated rings. The highest BCUT2D eigenvalue weighted by molar-refractivity contribution is 5.82. The van der Waals surface area contributed by atoms with Gasteiger partial charge in [0.2, 0.25) is 5.91 Å². The van der Waals surface area contributed by atoms with Crippen molar-refractivity contribution in [3.63, 3.8) is 0 Å². The fourth-order valence-electron chi connectivity index (χ4n) is 1.70. The molecule has 0 aromatic carbocycles. The molecule has 0 saturated heterocycles. The summed E-state index contributed by atoms with van der Waals surface area (Å²) in [5.41, 5.74) is 4.37. The van der Waals surface area contributed by atoms with Gasteiger partial charge in [0.1, 0.15) is 0 Å². The molecule has 0 unspecified atom stereocenters. The summed E-state index contributed by atoms with van der Waals surface area (Å²) in [5, 5.41) is 9.02. The molecule has 2 heterocycles. The minimum atomic E-state index is -0.245. The van der Waals surface area contributed by atoms with Gasteiger partial charge in [-0.3, -0.25) is 19.7 Å². The van der Waals surface area contributed by atoms with Gasteiger partial charge in [0, 0.05) is 35.6 Å². The lowest BCUT2D eigenvalue weighted by Gasteiger charge is -1.99. The van der Waals surface area contributed by atoms with Crippen molar-refractivity contribution in [1.29, 1.82) is 0 Å². The first-order chi connectivity index (χ1) is 9.66. The van der Waals surface area contributed by atoms with Crippen LogP contribution in [0.5, 0.6) is 0 Å². The third-order valence-corrected chi connectivity index (χ3v) is 2.78. The number of carbonyl (C=O) groups excluding carboxylic acids is 1. The number of nitrogens with one attached hydrogen (secondary N) is 3. The van der Waals surface area contributed by atoms with Gasteiger partial charge in [0.25, 0.3) is 5.56 Å². The van der Waals surface area contributed by atoms with Crippen molar-refractivity contribution in [2.75, 3.05) is 0 Å². The number of hydrogen-bond donors (Lipinski definition) is 3. The third-order valence-electron chi connectivity index (χ3n) is 2.78. The Morgan fingerprint density at radius 1 is 1.50 bits per heavy atom. The third kappa shape index (κ3) is 3.64. The number of hydrazone groups is 1. The molecule has 2 aromatic heterocycles. The molecule has 3 N–H and O–H groups in total. The number of aromatic nitrogens is 3. The Hall–Kier alpha value is -2.70. The minimum Gasteiger partial charge on any atom is -0.302 e. The number of nitrogens with zero attached hydrogens (tertiary/aromatic N) is 2. The van der Waals surface area contributed by atoms with Crippen molar-refractivity contribution in [2.24, 2.45) is 5.10 Å². The monoisotopic (exact) mass is 273 g/mol. The van der Waals surface area contributed by atoms with Gasteiger partial charge in [-0.05, 0) is 19.4 Å². The summed E-state index contributed by atoms with van der Waals surface area (Å²) in [4.78, 5) is 26.9. The van der Waals surface area contributed by atoms with Crippen LogP contribution in [0.2, 0.25) is 0 Å². The van der Waals surface area contributed by atoms with Crippen LogP contribution in [-0.2, 0) is 11.2 Å². The molecule has 20 heavy (non-hydrogen) atoms. The summed E-state index contributed by atoms with van der Waals surface area (Å²) < 4.78 is 0. The average Bonchev–Trinajstić information content (AvgIpc) is 2.77. The molecule has 0 aliphatic carbocycles. The molecule has 1 amide bonds. The van der Waals surface area contributed by atoms with E-state index in [4.69, 9.17) is 0 Å². The Labute approximate surface area is 115 Å². The van der Waals surface area contributed by atoms with Gasteiger partial charge in [-0.25, -0.2) is 5.43 Å². The van der Waals surface area contributed by atoms with E-state index in [2.05, 4.69) is 25.7 Å². The highest BCUT2D eigenvalue weighted by Crippen LogP contribution is 2.00. The van der Waals surface area contributed by atoms with Gasteiger partial charge in [0.05, 0.1) is 6.21 Å². The molecule has 0 saturated carbocycles. The van der Waals surface area contributed by atoms with E-state index in [1.165, 1.54) is 6.21 Å². The first kappa shape index (κ1) is 13.7. The number of carbonyl (C=O) groups is 1. The molecule has 0 atom stereocenters. The number of hydrogen-bond acceptors (Lipinski definition) is 4. The first-order valence-electron chi connectivity index (χ1n) is 6.15. The molecule has 0 aliphatic rings. The van der Waals surface area contributed by atoms with Crippen LogP contribution in [0.1, 0.15) is 23.2 Å². The SMILES string of the molecule is Cc1[nH][nH]c(=O)c1CCC(=O)N/N=C\c1cccnc1. The van der Waals surface area contributed by atoms with Crippen LogP contribution in [0.25, 0.3) is 0 Å².